The van der Waals surface area contributed by atoms with Crippen LogP contribution in [0, 0.1) is 6.92 Å². The molecule has 1 aliphatic carbocycles. The van der Waals surface area contributed by atoms with Gasteiger partial charge in [-0.15, -0.1) is 0 Å². The number of rotatable bonds is 1. The number of furan rings is 1. The number of benzene rings is 3. The van der Waals surface area contributed by atoms with Gasteiger partial charge in [0, 0.05) is 27.3 Å². The number of allylic oxidation sites excluding steroid dienone is 1. The summed E-state index contributed by atoms with van der Waals surface area (Å²) in [5.41, 5.74) is 7.53. The third kappa shape index (κ3) is 2.23. The SMILES string of the molecule is Cc1nc(-c2ccc3oc4c5c(ccc4c3c2)CCC=C5)c2ccccc2n1. The predicted molar refractivity (Wildman–Crippen MR) is 114 cm³/mol. The van der Waals surface area contributed by atoms with Crippen molar-refractivity contribution < 1.29 is 4.42 Å². The first-order valence-corrected chi connectivity index (χ1v) is 9.66. The van der Waals surface area contributed by atoms with Gasteiger partial charge in [0.1, 0.15) is 17.0 Å². The maximum Gasteiger partial charge on any atom is 0.142 e. The Hall–Kier alpha value is -3.46. The van der Waals surface area contributed by atoms with E-state index in [2.05, 4.69) is 53.5 Å². The second-order valence-electron chi connectivity index (χ2n) is 7.41. The lowest BCUT2D eigenvalue weighted by Gasteiger charge is -2.09. The molecule has 0 fully saturated rings. The fraction of sp³-hybridized carbons (Fsp3) is 0.120. The van der Waals surface area contributed by atoms with E-state index >= 15 is 0 Å². The molecule has 1 aliphatic rings. The van der Waals surface area contributed by atoms with Crippen molar-refractivity contribution in [3.05, 3.63) is 77.6 Å². The van der Waals surface area contributed by atoms with Crippen molar-refractivity contribution in [3.63, 3.8) is 0 Å². The van der Waals surface area contributed by atoms with Gasteiger partial charge in [-0.25, -0.2) is 9.97 Å². The molecule has 28 heavy (non-hydrogen) atoms. The normalized spacial score (nSPS) is 13.5. The summed E-state index contributed by atoms with van der Waals surface area (Å²) in [4.78, 5) is 9.34. The Labute approximate surface area is 162 Å². The molecule has 134 valence electrons. The van der Waals surface area contributed by atoms with Gasteiger partial charge < -0.3 is 4.42 Å². The van der Waals surface area contributed by atoms with E-state index in [-0.39, 0.29) is 0 Å². The van der Waals surface area contributed by atoms with E-state index in [1.807, 2.05) is 25.1 Å². The lowest BCUT2D eigenvalue weighted by molar-refractivity contribution is 0.666. The highest BCUT2D eigenvalue weighted by atomic mass is 16.3. The van der Waals surface area contributed by atoms with Crippen LogP contribution in [0.25, 0.3) is 50.2 Å². The molecule has 5 aromatic rings. The minimum absolute atomic E-state index is 0.782. The second kappa shape index (κ2) is 5.77. The van der Waals surface area contributed by atoms with Gasteiger partial charge in [0.15, 0.2) is 0 Å². The van der Waals surface area contributed by atoms with Crippen LogP contribution in [0.1, 0.15) is 23.4 Å². The Morgan fingerprint density at radius 1 is 0.893 bits per heavy atom. The number of aromatic nitrogens is 2. The monoisotopic (exact) mass is 362 g/mol. The maximum atomic E-state index is 6.27. The number of hydrogen-bond donors (Lipinski definition) is 0. The first-order chi connectivity index (χ1) is 13.8. The Kier molecular flexibility index (Phi) is 3.21. The first kappa shape index (κ1) is 15.6. The van der Waals surface area contributed by atoms with E-state index in [4.69, 9.17) is 9.40 Å². The molecular formula is C25H18N2O. The largest absolute Gasteiger partial charge is 0.455 e. The zero-order chi connectivity index (χ0) is 18.7. The molecule has 0 unspecified atom stereocenters. The summed E-state index contributed by atoms with van der Waals surface area (Å²) >= 11 is 0. The zero-order valence-corrected chi connectivity index (χ0v) is 15.6. The third-order valence-electron chi connectivity index (χ3n) is 5.62. The lowest BCUT2D eigenvalue weighted by atomic mass is 9.95. The second-order valence-corrected chi connectivity index (χ2v) is 7.41. The molecule has 0 N–H and O–H groups in total. The summed E-state index contributed by atoms with van der Waals surface area (Å²) in [6, 6.07) is 19.0. The van der Waals surface area contributed by atoms with Crippen molar-refractivity contribution in [3.8, 4) is 11.3 Å². The minimum Gasteiger partial charge on any atom is -0.455 e. The van der Waals surface area contributed by atoms with Crippen LogP contribution in [0.2, 0.25) is 0 Å². The molecular weight excluding hydrogens is 344 g/mol. The topological polar surface area (TPSA) is 38.9 Å². The fourth-order valence-electron chi connectivity index (χ4n) is 4.30. The molecule has 3 aromatic carbocycles. The Bertz CT molecular complexity index is 1430. The molecule has 0 atom stereocenters. The van der Waals surface area contributed by atoms with E-state index in [0.29, 0.717) is 0 Å². The number of hydrogen-bond acceptors (Lipinski definition) is 3. The molecule has 3 nitrogen and oxygen atoms in total. The Morgan fingerprint density at radius 3 is 2.79 bits per heavy atom. The van der Waals surface area contributed by atoms with E-state index in [0.717, 1.165) is 62.8 Å². The molecule has 0 saturated carbocycles. The summed E-state index contributed by atoms with van der Waals surface area (Å²) in [5.74, 6) is 0.782. The maximum absolute atomic E-state index is 6.27. The molecule has 0 bridgehead atoms. The average Bonchev–Trinajstić information content (AvgIpc) is 3.11. The van der Waals surface area contributed by atoms with E-state index < -0.39 is 0 Å². The molecule has 0 radical (unpaired) electrons. The molecule has 2 heterocycles. The van der Waals surface area contributed by atoms with Crippen molar-refractivity contribution in [1.82, 2.24) is 9.97 Å². The van der Waals surface area contributed by atoms with Crippen LogP contribution < -0.4 is 0 Å². The number of aryl methyl sites for hydroxylation is 2. The average molecular weight is 362 g/mol. The molecule has 2 aromatic heterocycles. The fourth-order valence-corrected chi connectivity index (χ4v) is 4.30. The first-order valence-electron chi connectivity index (χ1n) is 9.66. The molecule has 0 saturated heterocycles. The van der Waals surface area contributed by atoms with Crippen LogP contribution in [0.5, 0.6) is 0 Å². The van der Waals surface area contributed by atoms with Crippen LogP contribution in [-0.4, -0.2) is 9.97 Å². The highest BCUT2D eigenvalue weighted by Gasteiger charge is 2.16. The smallest absolute Gasteiger partial charge is 0.142 e. The van der Waals surface area contributed by atoms with E-state index in [1.54, 1.807) is 0 Å². The highest BCUT2D eigenvalue weighted by molar-refractivity contribution is 6.09. The summed E-state index contributed by atoms with van der Waals surface area (Å²) in [5, 5.41) is 3.37. The summed E-state index contributed by atoms with van der Waals surface area (Å²) in [6.07, 6.45) is 6.61. The van der Waals surface area contributed by atoms with Crippen LogP contribution in [0.4, 0.5) is 0 Å². The zero-order valence-electron chi connectivity index (χ0n) is 15.6. The van der Waals surface area contributed by atoms with Crippen LogP contribution in [0.3, 0.4) is 0 Å². The van der Waals surface area contributed by atoms with Crippen molar-refractivity contribution >= 4 is 38.9 Å². The van der Waals surface area contributed by atoms with Crippen molar-refractivity contribution in [2.75, 3.05) is 0 Å². The van der Waals surface area contributed by atoms with Gasteiger partial charge in [-0.2, -0.15) is 0 Å². The Balaban J connectivity index is 1.64. The summed E-state index contributed by atoms with van der Waals surface area (Å²) in [6.45, 7) is 1.94. The predicted octanol–water partition coefficient (Wildman–Crippen LogP) is 6.46. The standard InChI is InChI=1S/C25H18N2O/c1-15-26-22-9-5-4-8-20(22)24(27-15)17-11-13-23-21(14-17)19-12-10-16-6-2-3-7-18(16)25(19)28-23/h3-5,7-14H,2,6H2,1H3. The van der Waals surface area contributed by atoms with Gasteiger partial charge in [-0.05, 0) is 49.6 Å². The van der Waals surface area contributed by atoms with Crippen LogP contribution in [-0.2, 0) is 6.42 Å². The van der Waals surface area contributed by atoms with Crippen LogP contribution in [0.15, 0.2) is 65.1 Å². The lowest BCUT2D eigenvalue weighted by Crippen LogP contribution is -1.94. The number of fused-ring (bicyclic) bond motifs is 6. The number of nitrogens with zero attached hydrogens (tertiary/aromatic N) is 2. The van der Waals surface area contributed by atoms with Crippen molar-refractivity contribution in [2.24, 2.45) is 0 Å². The molecule has 3 heteroatoms. The molecule has 0 amide bonds. The minimum atomic E-state index is 0.782. The highest BCUT2D eigenvalue weighted by Crippen LogP contribution is 2.37. The molecule has 6 rings (SSSR count). The van der Waals surface area contributed by atoms with Gasteiger partial charge >= 0.3 is 0 Å². The Morgan fingerprint density at radius 2 is 1.82 bits per heavy atom. The van der Waals surface area contributed by atoms with Crippen molar-refractivity contribution in [1.29, 1.82) is 0 Å². The third-order valence-corrected chi connectivity index (χ3v) is 5.62. The van der Waals surface area contributed by atoms with E-state index in [9.17, 15) is 0 Å². The quantitative estimate of drug-likeness (QED) is 0.343. The molecule has 0 spiro atoms. The van der Waals surface area contributed by atoms with Gasteiger partial charge in [0.05, 0.1) is 11.2 Å². The van der Waals surface area contributed by atoms with Gasteiger partial charge in [0.25, 0.3) is 0 Å². The van der Waals surface area contributed by atoms with E-state index in [1.165, 1.54) is 11.1 Å². The van der Waals surface area contributed by atoms with Gasteiger partial charge in [-0.3, -0.25) is 0 Å². The summed E-state index contributed by atoms with van der Waals surface area (Å²) < 4.78 is 6.27. The summed E-state index contributed by atoms with van der Waals surface area (Å²) in [7, 11) is 0. The molecule has 0 aliphatic heterocycles. The number of para-hydroxylation sites is 1. The van der Waals surface area contributed by atoms with Crippen molar-refractivity contribution in [2.45, 2.75) is 19.8 Å². The van der Waals surface area contributed by atoms with Crippen LogP contribution >= 0.6 is 0 Å². The van der Waals surface area contributed by atoms with Gasteiger partial charge in [0.2, 0.25) is 0 Å². The van der Waals surface area contributed by atoms with Gasteiger partial charge in [-0.1, -0.05) is 42.5 Å².